The van der Waals surface area contributed by atoms with E-state index in [1.54, 1.807) is 18.8 Å². The number of phenols is 1. The second kappa shape index (κ2) is 5.99. The molecule has 1 aliphatic rings. The van der Waals surface area contributed by atoms with E-state index in [4.69, 9.17) is 0 Å². The molecule has 0 radical (unpaired) electrons. The van der Waals surface area contributed by atoms with Gasteiger partial charge in [0.15, 0.2) is 0 Å². The lowest BCUT2D eigenvalue weighted by Gasteiger charge is -2.29. The first-order valence-corrected chi connectivity index (χ1v) is 7.72. The molecule has 20 heavy (non-hydrogen) atoms. The van der Waals surface area contributed by atoms with E-state index in [1.807, 2.05) is 6.26 Å². The highest BCUT2D eigenvalue weighted by molar-refractivity contribution is 7.99. The molecule has 0 saturated heterocycles. The van der Waals surface area contributed by atoms with Crippen LogP contribution in [0.5, 0.6) is 5.75 Å². The normalized spacial score (nSPS) is 22.0. The minimum atomic E-state index is -1.03. The molecule has 2 rings (SSSR count). The number of hydrogen-bond acceptors (Lipinski definition) is 3. The van der Waals surface area contributed by atoms with Gasteiger partial charge in [-0.05, 0) is 19.1 Å². The number of carbonyl (C=O) groups excluding carboxylic acids is 1. The van der Waals surface area contributed by atoms with Crippen molar-refractivity contribution in [1.29, 1.82) is 0 Å². The van der Waals surface area contributed by atoms with Crippen LogP contribution in [0.15, 0.2) is 12.1 Å². The summed E-state index contributed by atoms with van der Waals surface area (Å²) in [5.74, 6) is -3.19. The molecule has 110 valence electrons. The average molecular weight is 301 g/mol. The number of carbonyl (C=O) groups is 1. The fraction of sp³-hybridized carbons (Fsp3) is 0.500. The summed E-state index contributed by atoms with van der Waals surface area (Å²) in [6.45, 7) is 0. The Morgan fingerprint density at radius 1 is 1.40 bits per heavy atom. The monoisotopic (exact) mass is 301 g/mol. The molecule has 2 unspecified atom stereocenters. The van der Waals surface area contributed by atoms with E-state index in [-0.39, 0.29) is 6.04 Å². The Morgan fingerprint density at radius 3 is 2.70 bits per heavy atom. The summed E-state index contributed by atoms with van der Waals surface area (Å²) in [5.41, 5.74) is -0.458. The third kappa shape index (κ3) is 2.75. The molecule has 0 spiro atoms. The molecule has 1 aliphatic carbocycles. The lowest BCUT2D eigenvalue weighted by molar-refractivity contribution is 0.0730. The smallest absolute Gasteiger partial charge is 0.260 e. The van der Waals surface area contributed by atoms with Crippen LogP contribution in [0.4, 0.5) is 8.78 Å². The Kier molecular flexibility index (Phi) is 4.52. The van der Waals surface area contributed by atoms with Gasteiger partial charge in [-0.2, -0.15) is 11.8 Å². The van der Waals surface area contributed by atoms with E-state index in [0.29, 0.717) is 11.3 Å². The Morgan fingerprint density at radius 2 is 2.10 bits per heavy atom. The number of nitrogens with zero attached hydrogens (tertiary/aromatic N) is 1. The first kappa shape index (κ1) is 15.1. The number of halogens is 2. The minimum Gasteiger partial charge on any atom is -0.507 e. The zero-order chi connectivity index (χ0) is 14.9. The largest absolute Gasteiger partial charge is 0.507 e. The lowest BCUT2D eigenvalue weighted by Crippen LogP contribution is -2.40. The van der Waals surface area contributed by atoms with Gasteiger partial charge in [0, 0.05) is 30.5 Å². The van der Waals surface area contributed by atoms with Crippen molar-refractivity contribution in [3.05, 3.63) is 29.3 Å². The minimum absolute atomic E-state index is 0.0151. The molecule has 6 heteroatoms. The standard InChI is InChI=1S/C14H17F2NO2S/c1-17(10-4-3-5-12(10)20-2)14(19)13-9(16)6-8(15)7-11(13)18/h6-7,10,12,18H,3-5H2,1-2H3. The Labute approximate surface area is 121 Å². The zero-order valence-corrected chi connectivity index (χ0v) is 12.2. The number of thioether (sulfide) groups is 1. The summed E-state index contributed by atoms with van der Waals surface area (Å²) in [4.78, 5) is 13.8. The molecule has 1 amide bonds. The second-order valence-corrected chi connectivity index (χ2v) is 6.05. The van der Waals surface area contributed by atoms with Gasteiger partial charge in [0.25, 0.3) is 5.91 Å². The summed E-state index contributed by atoms with van der Waals surface area (Å²) in [6.07, 6.45) is 4.88. The Hall–Kier alpha value is -1.30. The van der Waals surface area contributed by atoms with Crippen LogP contribution in [0.3, 0.4) is 0 Å². The summed E-state index contributed by atoms with van der Waals surface area (Å²) in [6, 6.07) is 1.38. The number of rotatable bonds is 3. The van der Waals surface area contributed by atoms with Crippen LogP contribution in [-0.2, 0) is 0 Å². The Balaban J connectivity index is 2.27. The van der Waals surface area contributed by atoms with Crippen LogP contribution in [0.2, 0.25) is 0 Å². The molecule has 1 saturated carbocycles. The summed E-state index contributed by atoms with van der Waals surface area (Å²) >= 11 is 1.68. The van der Waals surface area contributed by atoms with Gasteiger partial charge in [0.05, 0.1) is 0 Å². The number of phenolic OH excluding ortho intramolecular Hbond substituents is 1. The van der Waals surface area contributed by atoms with Crippen molar-refractivity contribution in [1.82, 2.24) is 4.90 Å². The van der Waals surface area contributed by atoms with Gasteiger partial charge in [-0.1, -0.05) is 6.42 Å². The maximum Gasteiger partial charge on any atom is 0.260 e. The third-order valence-corrected chi connectivity index (χ3v) is 4.94. The van der Waals surface area contributed by atoms with E-state index in [1.165, 1.54) is 4.90 Å². The van der Waals surface area contributed by atoms with Crippen LogP contribution in [0.25, 0.3) is 0 Å². The van der Waals surface area contributed by atoms with Crippen LogP contribution in [0, 0.1) is 11.6 Å². The lowest BCUT2D eigenvalue weighted by atomic mass is 10.1. The van der Waals surface area contributed by atoms with E-state index in [9.17, 15) is 18.7 Å². The molecule has 0 bridgehead atoms. The highest BCUT2D eigenvalue weighted by Crippen LogP contribution is 2.33. The van der Waals surface area contributed by atoms with Gasteiger partial charge in [0.2, 0.25) is 0 Å². The molecule has 3 nitrogen and oxygen atoms in total. The highest BCUT2D eigenvalue weighted by Gasteiger charge is 2.34. The Bertz CT molecular complexity index is 501. The van der Waals surface area contributed by atoms with Crippen molar-refractivity contribution < 1.29 is 18.7 Å². The molecule has 0 heterocycles. The third-order valence-electron chi connectivity index (χ3n) is 3.79. The van der Waals surface area contributed by atoms with Crippen molar-refractivity contribution in [2.45, 2.75) is 30.6 Å². The van der Waals surface area contributed by atoms with Crippen molar-refractivity contribution >= 4 is 17.7 Å². The van der Waals surface area contributed by atoms with Gasteiger partial charge in [-0.15, -0.1) is 0 Å². The summed E-state index contributed by atoms with van der Waals surface area (Å²) < 4.78 is 26.7. The van der Waals surface area contributed by atoms with E-state index < -0.39 is 28.9 Å². The second-order valence-electron chi connectivity index (χ2n) is 4.97. The number of aromatic hydroxyl groups is 1. The number of hydrogen-bond donors (Lipinski definition) is 1. The fourth-order valence-electron chi connectivity index (χ4n) is 2.72. The van der Waals surface area contributed by atoms with Crippen molar-refractivity contribution in [2.24, 2.45) is 0 Å². The number of amides is 1. The van der Waals surface area contributed by atoms with Crippen LogP contribution >= 0.6 is 11.8 Å². The molecule has 1 fully saturated rings. The molecule has 1 aromatic rings. The number of benzene rings is 1. The van der Waals surface area contributed by atoms with E-state index in [2.05, 4.69) is 0 Å². The van der Waals surface area contributed by atoms with E-state index in [0.717, 1.165) is 25.3 Å². The van der Waals surface area contributed by atoms with Gasteiger partial charge in [-0.25, -0.2) is 8.78 Å². The topological polar surface area (TPSA) is 40.5 Å². The molecule has 1 N–H and O–H groups in total. The maximum atomic E-state index is 13.7. The maximum absolute atomic E-state index is 13.7. The molecule has 0 aliphatic heterocycles. The first-order valence-electron chi connectivity index (χ1n) is 6.43. The SMILES string of the molecule is CSC1CCCC1N(C)C(=O)c1c(O)cc(F)cc1F. The van der Waals surface area contributed by atoms with Crippen molar-refractivity contribution in [3.63, 3.8) is 0 Å². The zero-order valence-electron chi connectivity index (χ0n) is 11.4. The molecular formula is C14H17F2NO2S. The van der Waals surface area contributed by atoms with Crippen LogP contribution < -0.4 is 0 Å². The first-order chi connectivity index (χ1) is 9.45. The molecular weight excluding hydrogens is 284 g/mol. The molecule has 0 aromatic heterocycles. The van der Waals surface area contributed by atoms with Gasteiger partial charge >= 0.3 is 0 Å². The van der Waals surface area contributed by atoms with Gasteiger partial charge in [0.1, 0.15) is 22.9 Å². The molecule has 2 atom stereocenters. The van der Waals surface area contributed by atoms with Crippen LogP contribution in [-0.4, -0.2) is 40.5 Å². The summed E-state index contributed by atoms with van der Waals surface area (Å²) in [7, 11) is 1.60. The average Bonchev–Trinajstić information content (AvgIpc) is 2.84. The summed E-state index contributed by atoms with van der Waals surface area (Å²) in [5, 5.41) is 9.94. The van der Waals surface area contributed by atoms with Gasteiger partial charge in [-0.3, -0.25) is 4.79 Å². The highest BCUT2D eigenvalue weighted by atomic mass is 32.2. The predicted octanol–water partition coefficient (Wildman–Crippen LogP) is 3.03. The van der Waals surface area contributed by atoms with Crippen molar-refractivity contribution in [2.75, 3.05) is 13.3 Å². The molecule has 1 aromatic carbocycles. The van der Waals surface area contributed by atoms with Gasteiger partial charge < -0.3 is 10.0 Å². The quantitative estimate of drug-likeness (QED) is 0.933. The van der Waals surface area contributed by atoms with E-state index >= 15 is 0 Å². The predicted molar refractivity (Wildman–Crippen MR) is 75.1 cm³/mol. The fourth-order valence-corrected chi connectivity index (χ4v) is 3.76. The van der Waals surface area contributed by atoms with Crippen molar-refractivity contribution in [3.8, 4) is 5.75 Å². The van der Waals surface area contributed by atoms with Crippen LogP contribution in [0.1, 0.15) is 29.6 Å².